The molecule has 9 nitrogen and oxygen atoms in total. The number of rotatable bonds is 4. The van der Waals surface area contributed by atoms with E-state index >= 15 is 0 Å². The number of nitrogens with two attached hydrogens (primary N) is 1. The lowest BCUT2D eigenvalue weighted by Gasteiger charge is -2.23. The molecular formula is C28H29F2N7O2. The van der Waals surface area contributed by atoms with Crippen LogP contribution in [0.3, 0.4) is 0 Å². The van der Waals surface area contributed by atoms with Crippen molar-refractivity contribution in [2.24, 2.45) is 11.1 Å². The molecule has 202 valence electrons. The van der Waals surface area contributed by atoms with Crippen LogP contribution in [0, 0.1) is 17.0 Å². The zero-order valence-corrected chi connectivity index (χ0v) is 21.9. The fourth-order valence-corrected chi connectivity index (χ4v) is 5.29. The van der Waals surface area contributed by atoms with Crippen LogP contribution in [0.25, 0.3) is 16.6 Å². The first-order valence-electron chi connectivity index (χ1n) is 12.9. The molecule has 2 aromatic carbocycles. The monoisotopic (exact) mass is 533 g/mol. The van der Waals surface area contributed by atoms with Gasteiger partial charge in [-0.3, -0.25) is 14.3 Å². The van der Waals surface area contributed by atoms with Crippen molar-refractivity contribution in [2.45, 2.75) is 45.2 Å². The Kier molecular flexibility index (Phi) is 5.62. The maximum atomic E-state index is 14.4. The van der Waals surface area contributed by atoms with Gasteiger partial charge in [-0.15, -0.1) is 0 Å². The molecule has 6 rings (SSSR count). The summed E-state index contributed by atoms with van der Waals surface area (Å²) in [6.07, 6.45) is 4.12. The number of carbonyl (C=O) groups excluding carboxylic acids is 1. The number of para-hydroxylation sites is 1. The molecule has 3 heterocycles. The second kappa shape index (κ2) is 8.70. The summed E-state index contributed by atoms with van der Waals surface area (Å²) in [6, 6.07) is 9.15. The van der Waals surface area contributed by atoms with E-state index < -0.39 is 28.8 Å². The number of benzene rings is 2. The van der Waals surface area contributed by atoms with Gasteiger partial charge < -0.3 is 16.0 Å². The minimum Gasteiger partial charge on any atom is -0.367 e. The summed E-state index contributed by atoms with van der Waals surface area (Å²) in [4.78, 5) is 28.0. The average Bonchev–Trinajstić information content (AvgIpc) is 3.39. The Bertz CT molecular complexity index is 1660. The molecule has 3 N–H and O–H groups in total. The molecule has 1 atom stereocenters. The van der Waals surface area contributed by atoms with Gasteiger partial charge in [0.25, 0.3) is 11.5 Å². The summed E-state index contributed by atoms with van der Waals surface area (Å²) in [5, 5.41) is 12.5. The molecule has 2 fully saturated rings. The van der Waals surface area contributed by atoms with Gasteiger partial charge in [-0.05, 0) is 63.9 Å². The molecular weight excluding hydrogens is 504 g/mol. The van der Waals surface area contributed by atoms with E-state index in [2.05, 4.69) is 36.1 Å². The lowest BCUT2D eigenvalue weighted by Crippen LogP contribution is -2.30. The van der Waals surface area contributed by atoms with Gasteiger partial charge in [0.1, 0.15) is 11.4 Å². The van der Waals surface area contributed by atoms with Crippen LogP contribution < -0.4 is 21.5 Å². The third kappa shape index (κ3) is 4.26. The fourth-order valence-electron chi connectivity index (χ4n) is 5.29. The van der Waals surface area contributed by atoms with Crippen molar-refractivity contribution in [1.82, 2.24) is 19.6 Å². The number of nitrogens with zero attached hydrogens (tertiary/aromatic N) is 5. The Balaban J connectivity index is 1.41. The van der Waals surface area contributed by atoms with Crippen molar-refractivity contribution in [1.29, 1.82) is 0 Å². The van der Waals surface area contributed by atoms with Gasteiger partial charge in [-0.1, -0.05) is 6.07 Å². The fraction of sp³-hybridized carbons (Fsp3) is 0.357. The zero-order chi connectivity index (χ0) is 27.7. The van der Waals surface area contributed by atoms with Gasteiger partial charge in [0.2, 0.25) is 0 Å². The highest BCUT2D eigenvalue weighted by Gasteiger charge is 2.54. The highest BCUT2D eigenvalue weighted by Crippen LogP contribution is 2.54. The molecule has 1 amide bonds. The van der Waals surface area contributed by atoms with Gasteiger partial charge in [0, 0.05) is 42.2 Å². The number of carbonyl (C=O) groups is 1. The molecule has 11 heteroatoms. The van der Waals surface area contributed by atoms with Crippen LogP contribution in [-0.2, 0) is 5.54 Å². The highest BCUT2D eigenvalue weighted by molar-refractivity contribution is 6.08. The van der Waals surface area contributed by atoms with E-state index in [4.69, 9.17) is 10.8 Å². The molecule has 1 aliphatic carbocycles. The topological polar surface area (TPSA) is 111 Å². The summed E-state index contributed by atoms with van der Waals surface area (Å²) < 4.78 is 31.2. The Morgan fingerprint density at radius 2 is 1.77 bits per heavy atom. The average molecular weight is 534 g/mol. The molecule has 0 unspecified atom stereocenters. The van der Waals surface area contributed by atoms with Crippen molar-refractivity contribution in [3.05, 3.63) is 76.3 Å². The SMILES string of the molecule is CC(C)(C)n1cc2c(N3C[C@H](N)C4(CC4)C3)c(NC(=O)c3ccc(=O)n(-c4c(F)cccc4F)n3)ccc2n1. The Morgan fingerprint density at radius 3 is 2.41 bits per heavy atom. The second-order valence-corrected chi connectivity index (χ2v) is 11.5. The number of hydrogen-bond acceptors (Lipinski definition) is 6. The third-order valence-electron chi connectivity index (χ3n) is 7.70. The Labute approximate surface area is 223 Å². The van der Waals surface area contributed by atoms with E-state index in [-0.39, 0.29) is 22.7 Å². The number of aromatic nitrogens is 4. The van der Waals surface area contributed by atoms with E-state index in [0.29, 0.717) is 16.9 Å². The molecule has 1 aliphatic heterocycles. The van der Waals surface area contributed by atoms with Crippen LogP contribution in [0.1, 0.15) is 44.1 Å². The molecule has 2 aromatic heterocycles. The number of anilines is 2. The van der Waals surface area contributed by atoms with Crippen LogP contribution in [-0.4, -0.2) is 44.6 Å². The number of halogens is 2. The summed E-state index contributed by atoms with van der Waals surface area (Å²) in [5.41, 5.74) is 6.89. The predicted octanol–water partition coefficient (Wildman–Crippen LogP) is 3.80. The van der Waals surface area contributed by atoms with Gasteiger partial charge in [0.15, 0.2) is 11.6 Å². The van der Waals surface area contributed by atoms with E-state index in [1.165, 1.54) is 12.1 Å². The molecule has 1 saturated heterocycles. The van der Waals surface area contributed by atoms with Crippen LogP contribution in [0.4, 0.5) is 20.2 Å². The van der Waals surface area contributed by atoms with Crippen LogP contribution >= 0.6 is 0 Å². The summed E-state index contributed by atoms with van der Waals surface area (Å²) in [7, 11) is 0. The molecule has 39 heavy (non-hydrogen) atoms. The maximum absolute atomic E-state index is 14.4. The smallest absolute Gasteiger partial charge is 0.276 e. The Hall–Kier alpha value is -4.12. The summed E-state index contributed by atoms with van der Waals surface area (Å²) in [5.74, 6) is -2.57. The first kappa shape index (κ1) is 25.2. The molecule has 1 spiro atoms. The normalized spacial score (nSPS) is 18.2. The number of nitrogens with one attached hydrogen (secondary N) is 1. The third-order valence-corrected chi connectivity index (χ3v) is 7.70. The molecule has 0 radical (unpaired) electrons. The van der Waals surface area contributed by atoms with Gasteiger partial charge >= 0.3 is 0 Å². The lowest BCUT2D eigenvalue weighted by atomic mass is 10.0. The number of fused-ring (bicyclic) bond motifs is 1. The first-order valence-corrected chi connectivity index (χ1v) is 12.9. The van der Waals surface area contributed by atoms with Gasteiger partial charge in [-0.2, -0.15) is 14.9 Å². The van der Waals surface area contributed by atoms with Gasteiger partial charge in [-0.25, -0.2) is 8.78 Å². The van der Waals surface area contributed by atoms with Crippen molar-refractivity contribution in [3.8, 4) is 5.69 Å². The Morgan fingerprint density at radius 1 is 1.05 bits per heavy atom. The molecule has 2 aliphatic rings. The molecule has 4 aromatic rings. The van der Waals surface area contributed by atoms with E-state index in [0.717, 1.165) is 54.2 Å². The lowest BCUT2D eigenvalue weighted by molar-refractivity contribution is 0.102. The highest BCUT2D eigenvalue weighted by atomic mass is 19.1. The maximum Gasteiger partial charge on any atom is 0.276 e. The minimum absolute atomic E-state index is 0.0230. The van der Waals surface area contributed by atoms with Crippen molar-refractivity contribution >= 4 is 28.2 Å². The zero-order valence-electron chi connectivity index (χ0n) is 21.9. The number of amides is 1. The first-order chi connectivity index (χ1) is 18.5. The molecule has 1 saturated carbocycles. The van der Waals surface area contributed by atoms with Gasteiger partial charge in [0.05, 0.1) is 22.4 Å². The van der Waals surface area contributed by atoms with Crippen LogP contribution in [0.2, 0.25) is 0 Å². The molecule has 0 bridgehead atoms. The van der Waals surface area contributed by atoms with E-state index in [9.17, 15) is 18.4 Å². The standard InChI is InChI=1S/C28H29F2N7O2/c1-27(2,3)36-13-16-19(33-36)7-8-20(24(16)35-14-22(31)28(15-35)11-12-28)32-26(39)21-9-10-23(38)37(34-21)25-17(29)5-4-6-18(25)30/h4-10,13,22H,11-12,14-15,31H2,1-3H3,(H,32,39)/t22-/m0/s1. The minimum atomic E-state index is -0.967. The van der Waals surface area contributed by atoms with Crippen LogP contribution in [0.5, 0.6) is 0 Å². The van der Waals surface area contributed by atoms with E-state index in [1.807, 2.05) is 16.9 Å². The van der Waals surface area contributed by atoms with E-state index in [1.54, 1.807) is 6.07 Å². The predicted molar refractivity (Wildman–Crippen MR) is 144 cm³/mol. The number of hydrogen-bond donors (Lipinski definition) is 2. The van der Waals surface area contributed by atoms with Crippen molar-refractivity contribution < 1.29 is 13.6 Å². The second-order valence-electron chi connectivity index (χ2n) is 11.5. The quantitative estimate of drug-likeness (QED) is 0.413. The summed E-state index contributed by atoms with van der Waals surface area (Å²) in [6.45, 7) is 7.59. The van der Waals surface area contributed by atoms with Crippen LogP contribution in [0.15, 0.2) is 53.5 Å². The van der Waals surface area contributed by atoms with Crippen molar-refractivity contribution in [2.75, 3.05) is 23.3 Å². The van der Waals surface area contributed by atoms with Crippen molar-refractivity contribution in [3.63, 3.8) is 0 Å². The summed E-state index contributed by atoms with van der Waals surface area (Å²) >= 11 is 0. The largest absolute Gasteiger partial charge is 0.367 e.